The third kappa shape index (κ3) is 3.80. The van der Waals surface area contributed by atoms with Gasteiger partial charge in [0.2, 0.25) is 10.0 Å². The summed E-state index contributed by atoms with van der Waals surface area (Å²) in [5, 5.41) is 7.84. The van der Waals surface area contributed by atoms with Gasteiger partial charge in [-0.05, 0) is 71.5 Å². The normalized spacial score (nSPS) is 11.2. The van der Waals surface area contributed by atoms with Gasteiger partial charge in [-0.1, -0.05) is 6.07 Å². The van der Waals surface area contributed by atoms with Gasteiger partial charge in [0.25, 0.3) is 5.91 Å². The van der Waals surface area contributed by atoms with E-state index in [-0.39, 0.29) is 10.8 Å². The highest BCUT2D eigenvalue weighted by molar-refractivity contribution is 14.1. The molecule has 0 bridgehead atoms. The molecule has 21 heavy (non-hydrogen) atoms. The topological polar surface area (TPSA) is 89.3 Å². The van der Waals surface area contributed by atoms with Crippen molar-refractivity contribution in [2.75, 3.05) is 5.32 Å². The molecule has 0 unspecified atom stereocenters. The average Bonchev–Trinajstić information content (AvgIpc) is 2.40. The molecule has 5 nitrogen and oxygen atoms in total. The standard InChI is InChI=1S/C14H13IN2O3S/c1-9-12(3-2-4-13(9)21(16,19)20)17-14(18)10-5-7-11(15)8-6-10/h2-8H,1H3,(H,17,18)(H2,16,19,20). The van der Waals surface area contributed by atoms with Crippen molar-refractivity contribution in [3.05, 3.63) is 57.2 Å². The van der Waals surface area contributed by atoms with Crippen LogP contribution in [0.25, 0.3) is 0 Å². The van der Waals surface area contributed by atoms with Gasteiger partial charge in [0, 0.05) is 14.8 Å². The maximum absolute atomic E-state index is 12.1. The molecule has 0 saturated carbocycles. The predicted octanol–water partition coefficient (Wildman–Crippen LogP) is 2.50. The number of carbonyl (C=O) groups excluding carboxylic acids is 1. The van der Waals surface area contributed by atoms with E-state index in [0.29, 0.717) is 16.8 Å². The zero-order valence-electron chi connectivity index (χ0n) is 11.1. The van der Waals surface area contributed by atoms with E-state index in [0.717, 1.165) is 3.57 Å². The molecule has 0 fully saturated rings. The van der Waals surface area contributed by atoms with Gasteiger partial charge in [-0.3, -0.25) is 4.79 Å². The van der Waals surface area contributed by atoms with Crippen LogP contribution in [0.4, 0.5) is 5.69 Å². The minimum Gasteiger partial charge on any atom is -0.322 e. The Morgan fingerprint density at radius 2 is 1.76 bits per heavy atom. The van der Waals surface area contributed by atoms with Gasteiger partial charge in [-0.25, -0.2) is 13.6 Å². The number of hydrogen-bond acceptors (Lipinski definition) is 3. The van der Waals surface area contributed by atoms with Gasteiger partial charge >= 0.3 is 0 Å². The van der Waals surface area contributed by atoms with Crippen molar-refractivity contribution in [2.24, 2.45) is 5.14 Å². The molecule has 1 amide bonds. The monoisotopic (exact) mass is 416 g/mol. The number of hydrogen-bond donors (Lipinski definition) is 2. The molecule has 2 aromatic carbocycles. The van der Waals surface area contributed by atoms with Crippen molar-refractivity contribution in [3.63, 3.8) is 0 Å². The van der Waals surface area contributed by atoms with Crippen molar-refractivity contribution in [1.82, 2.24) is 0 Å². The van der Waals surface area contributed by atoms with E-state index in [9.17, 15) is 13.2 Å². The summed E-state index contributed by atoms with van der Waals surface area (Å²) in [5.41, 5.74) is 1.33. The lowest BCUT2D eigenvalue weighted by molar-refractivity contribution is 0.102. The van der Waals surface area contributed by atoms with Gasteiger partial charge < -0.3 is 5.32 Å². The second kappa shape index (κ2) is 6.12. The summed E-state index contributed by atoms with van der Waals surface area (Å²) in [6, 6.07) is 11.6. The van der Waals surface area contributed by atoms with E-state index in [1.54, 1.807) is 25.1 Å². The fourth-order valence-electron chi connectivity index (χ4n) is 1.85. The summed E-state index contributed by atoms with van der Waals surface area (Å²) < 4.78 is 24.0. The molecule has 3 N–H and O–H groups in total. The second-order valence-corrected chi connectivity index (χ2v) is 7.21. The Hall–Kier alpha value is -1.45. The van der Waals surface area contributed by atoms with Crippen molar-refractivity contribution < 1.29 is 13.2 Å². The molecule has 0 aliphatic rings. The minimum atomic E-state index is -3.81. The summed E-state index contributed by atoms with van der Waals surface area (Å²) in [4.78, 5) is 12.1. The van der Waals surface area contributed by atoms with Crippen molar-refractivity contribution in [2.45, 2.75) is 11.8 Å². The SMILES string of the molecule is Cc1c(NC(=O)c2ccc(I)cc2)cccc1S(N)(=O)=O. The predicted molar refractivity (Wildman–Crippen MR) is 89.7 cm³/mol. The van der Waals surface area contributed by atoms with Crippen LogP contribution in [0.3, 0.4) is 0 Å². The first-order chi connectivity index (χ1) is 9.79. The molecule has 0 spiro atoms. The molecule has 2 rings (SSSR count). The highest BCUT2D eigenvalue weighted by atomic mass is 127. The van der Waals surface area contributed by atoms with Gasteiger partial charge in [-0.2, -0.15) is 0 Å². The first kappa shape index (κ1) is 15.9. The molecule has 110 valence electrons. The molecule has 0 heterocycles. The van der Waals surface area contributed by atoms with Crippen LogP contribution in [0.5, 0.6) is 0 Å². The Balaban J connectivity index is 2.32. The van der Waals surface area contributed by atoms with Crippen molar-refractivity contribution >= 4 is 44.2 Å². The van der Waals surface area contributed by atoms with Crippen LogP contribution in [0.1, 0.15) is 15.9 Å². The Morgan fingerprint density at radius 3 is 2.33 bits per heavy atom. The lowest BCUT2D eigenvalue weighted by atomic mass is 10.1. The summed E-state index contributed by atoms with van der Waals surface area (Å²) in [7, 11) is -3.81. The number of benzene rings is 2. The van der Waals surface area contributed by atoms with E-state index in [1.165, 1.54) is 12.1 Å². The number of anilines is 1. The summed E-state index contributed by atoms with van der Waals surface area (Å²) in [5.74, 6) is -0.305. The smallest absolute Gasteiger partial charge is 0.255 e. The number of primary sulfonamides is 1. The Labute approximate surface area is 136 Å². The van der Waals surface area contributed by atoms with E-state index in [1.807, 2.05) is 12.1 Å². The highest BCUT2D eigenvalue weighted by Crippen LogP contribution is 2.22. The van der Waals surface area contributed by atoms with Crippen LogP contribution in [-0.4, -0.2) is 14.3 Å². The first-order valence-electron chi connectivity index (χ1n) is 5.98. The largest absolute Gasteiger partial charge is 0.322 e. The molecule has 7 heteroatoms. The molecular weight excluding hydrogens is 403 g/mol. The fourth-order valence-corrected chi connectivity index (χ4v) is 3.02. The van der Waals surface area contributed by atoms with Crippen molar-refractivity contribution in [3.8, 4) is 0 Å². The number of carbonyl (C=O) groups is 1. The zero-order valence-corrected chi connectivity index (χ0v) is 14.1. The van der Waals surface area contributed by atoms with Gasteiger partial charge in [0.05, 0.1) is 4.90 Å². The minimum absolute atomic E-state index is 0.00269. The van der Waals surface area contributed by atoms with Crippen LogP contribution in [-0.2, 0) is 10.0 Å². The number of halogens is 1. The molecule has 0 aliphatic carbocycles. The Morgan fingerprint density at radius 1 is 1.14 bits per heavy atom. The first-order valence-corrected chi connectivity index (χ1v) is 8.61. The maximum atomic E-state index is 12.1. The molecule has 0 saturated heterocycles. The summed E-state index contributed by atoms with van der Waals surface area (Å²) in [6.07, 6.45) is 0. The van der Waals surface area contributed by atoms with Gasteiger partial charge in [0.15, 0.2) is 0 Å². The van der Waals surface area contributed by atoms with Crippen molar-refractivity contribution in [1.29, 1.82) is 0 Å². The summed E-state index contributed by atoms with van der Waals surface area (Å²) in [6.45, 7) is 1.60. The summed E-state index contributed by atoms with van der Waals surface area (Å²) >= 11 is 2.15. The van der Waals surface area contributed by atoms with E-state index in [4.69, 9.17) is 5.14 Å². The van der Waals surface area contributed by atoms with Gasteiger partial charge in [0.1, 0.15) is 0 Å². The second-order valence-electron chi connectivity index (χ2n) is 4.43. The zero-order chi connectivity index (χ0) is 15.6. The van der Waals surface area contributed by atoms with Crippen LogP contribution >= 0.6 is 22.6 Å². The van der Waals surface area contributed by atoms with Crippen LogP contribution in [0.2, 0.25) is 0 Å². The molecular formula is C14H13IN2O3S. The molecule has 2 aromatic rings. The van der Waals surface area contributed by atoms with E-state index >= 15 is 0 Å². The van der Waals surface area contributed by atoms with Crippen LogP contribution in [0, 0.1) is 10.5 Å². The fraction of sp³-hybridized carbons (Fsp3) is 0.0714. The lowest BCUT2D eigenvalue weighted by Crippen LogP contribution is -2.17. The highest BCUT2D eigenvalue weighted by Gasteiger charge is 2.15. The third-order valence-corrected chi connectivity index (χ3v) is 4.72. The van der Waals surface area contributed by atoms with E-state index in [2.05, 4.69) is 27.9 Å². The number of amides is 1. The number of nitrogens with one attached hydrogen (secondary N) is 1. The van der Waals surface area contributed by atoms with Crippen LogP contribution in [0.15, 0.2) is 47.4 Å². The molecule has 0 aromatic heterocycles. The number of nitrogens with two attached hydrogens (primary N) is 1. The number of sulfonamides is 1. The van der Waals surface area contributed by atoms with Gasteiger partial charge in [-0.15, -0.1) is 0 Å². The number of rotatable bonds is 3. The molecule has 0 radical (unpaired) electrons. The third-order valence-electron chi connectivity index (χ3n) is 2.95. The molecule has 0 aliphatic heterocycles. The average molecular weight is 416 g/mol. The Bertz CT molecular complexity index is 786. The van der Waals surface area contributed by atoms with E-state index < -0.39 is 10.0 Å². The Kier molecular flexibility index (Phi) is 4.64. The molecule has 0 atom stereocenters. The quantitative estimate of drug-likeness (QED) is 0.754. The maximum Gasteiger partial charge on any atom is 0.255 e. The van der Waals surface area contributed by atoms with Crippen LogP contribution < -0.4 is 10.5 Å². The lowest BCUT2D eigenvalue weighted by Gasteiger charge is -2.11.